The minimum Gasteiger partial charge on any atom is -0.493 e. The summed E-state index contributed by atoms with van der Waals surface area (Å²) in [5, 5.41) is 8.84. The lowest BCUT2D eigenvalue weighted by molar-refractivity contribution is 0.238. The molecular weight excluding hydrogens is 240 g/mol. The smallest absolute Gasteiger partial charge is 0.184 e. The quantitative estimate of drug-likeness (QED) is 0.877. The maximum atomic E-state index is 8.84. The van der Waals surface area contributed by atoms with Crippen molar-refractivity contribution in [3.63, 3.8) is 0 Å². The van der Waals surface area contributed by atoms with Crippen molar-refractivity contribution in [3.05, 3.63) is 23.8 Å². The Hall–Kier alpha value is -1.44. The van der Waals surface area contributed by atoms with Crippen LogP contribution in [0.25, 0.3) is 0 Å². The van der Waals surface area contributed by atoms with Crippen LogP contribution >= 0.6 is 12.4 Å². The first-order chi connectivity index (χ1) is 7.74. The Morgan fingerprint density at radius 2 is 2.12 bits per heavy atom. The maximum absolute atomic E-state index is 8.84. The molecule has 0 aromatic heterocycles. The van der Waals surface area contributed by atoms with Gasteiger partial charge in [0.15, 0.2) is 17.6 Å². The van der Waals surface area contributed by atoms with Crippen LogP contribution < -0.4 is 15.2 Å². The van der Waals surface area contributed by atoms with Crippen LogP contribution in [0.3, 0.4) is 0 Å². The Morgan fingerprint density at radius 3 is 2.59 bits per heavy atom. The van der Waals surface area contributed by atoms with Crippen LogP contribution in [0.2, 0.25) is 0 Å². The van der Waals surface area contributed by atoms with E-state index in [2.05, 4.69) is 6.07 Å². The number of methoxy groups -OCH3 is 1. The van der Waals surface area contributed by atoms with Gasteiger partial charge in [0.05, 0.1) is 7.11 Å². The van der Waals surface area contributed by atoms with Gasteiger partial charge >= 0.3 is 0 Å². The molecule has 0 aliphatic rings. The Labute approximate surface area is 108 Å². The highest BCUT2D eigenvalue weighted by molar-refractivity contribution is 5.85. The zero-order valence-corrected chi connectivity index (χ0v) is 10.8. The molecule has 0 spiro atoms. The molecule has 4 nitrogen and oxygen atoms in total. The molecule has 17 heavy (non-hydrogen) atoms. The molecule has 0 saturated heterocycles. The van der Waals surface area contributed by atoms with E-state index in [-0.39, 0.29) is 12.4 Å². The van der Waals surface area contributed by atoms with Crippen LogP contribution in [0.5, 0.6) is 11.5 Å². The van der Waals surface area contributed by atoms with E-state index in [1.807, 2.05) is 13.0 Å². The molecule has 0 amide bonds. The summed E-state index contributed by atoms with van der Waals surface area (Å²) >= 11 is 0. The van der Waals surface area contributed by atoms with Crippen molar-refractivity contribution in [2.45, 2.75) is 26.0 Å². The number of hydrogen-bond acceptors (Lipinski definition) is 4. The highest BCUT2D eigenvalue weighted by atomic mass is 35.5. The molecule has 1 aromatic carbocycles. The summed E-state index contributed by atoms with van der Waals surface area (Å²) in [7, 11) is 1.57. The summed E-state index contributed by atoms with van der Waals surface area (Å²) < 4.78 is 10.7. The third kappa shape index (κ3) is 4.14. The van der Waals surface area contributed by atoms with Gasteiger partial charge in [0.1, 0.15) is 6.07 Å². The molecular formula is C12H17ClN2O2. The molecule has 0 heterocycles. The van der Waals surface area contributed by atoms with Gasteiger partial charge in [-0.05, 0) is 24.1 Å². The van der Waals surface area contributed by atoms with Crippen molar-refractivity contribution >= 4 is 12.4 Å². The molecule has 2 N–H and O–H groups in total. The second kappa shape index (κ2) is 7.77. The maximum Gasteiger partial charge on any atom is 0.184 e. The standard InChI is InChI=1S/C12H16N2O2.ClH/c1-3-10(8-14)16-12-6-9(7-13)4-5-11(12)15-2;/h4-6,10H,3,7,13H2,1-2H3;1H. The molecule has 94 valence electrons. The third-order valence-electron chi connectivity index (χ3n) is 2.25. The molecule has 0 bridgehead atoms. The topological polar surface area (TPSA) is 68.3 Å². The van der Waals surface area contributed by atoms with E-state index in [1.54, 1.807) is 19.2 Å². The van der Waals surface area contributed by atoms with Crippen molar-refractivity contribution in [1.82, 2.24) is 0 Å². The fourth-order valence-corrected chi connectivity index (χ4v) is 1.29. The fourth-order valence-electron chi connectivity index (χ4n) is 1.29. The monoisotopic (exact) mass is 256 g/mol. The highest BCUT2D eigenvalue weighted by Crippen LogP contribution is 2.29. The number of nitrogens with zero attached hydrogens (tertiary/aromatic N) is 1. The van der Waals surface area contributed by atoms with Gasteiger partial charge in [-0.15, -0.1) is 12.4 Å². The van der Waals surface area contributed by atoms with Crippen molar-refractivity contribution < 1.29 is 9.47 Å². The van der Waals surface area contributed by atoms with Crippen LogP contribution in [0.15, 0.2) is 18.2 Å². The normalized spacial score (nSPS) is 10.9. The average molecular weight is 257 g/mol. The predicted octanol–water partition coefficient (Wildman–Crippen LogP) is 2.26. The van der Waals surface area contributed by atoms with Crippen molar-refractivity contribution in [2.75, 3.05) is 7.11 Å². The largest absolute Gasteiger partial charge is 0.493 e. The summed E-state index contributed by atoms with van der Waals surface area (Å²) in [4.78, 5) is 0. The van der Waals surface area contributed by atoms with Gasteiger partial charge < -0.3 is 15.2 Å². The number of nitriles is 1. The molecule has 1 aromatic rings. The molecule has 0 fully saturated rings. The lowest BCUT2D eigenvalue weighted by Gasteiger charge is -2.14. The Bertz CT molecular complexity index is 391. The average Bonchev–Trinajstić information content (AvgIpc) is 2.35. The summed E-state index contributed by atoms with van der Waals surface area (Å²) in [6, 6.07) is 7.55. The van der Waals surface area contributed by atoms with Gasteiger partial charge in [0.25, 0.3) is 0 Å². The zero-order valence-electron chi connectivity index (χ0n) is 9.97. The first-order valence-corrected chi connectivity index (χ1v) is 5.18. The summed E-state index contributed by atoms with van der Waals surface area (Å²) in [6.07, 6.45) is 0.175. The number of benzene rings is 1. The Balaban J connectivity index is 0.00000256. The summed E-state index contributed by atoms with van der Waals surface area (Å²) in [5.74, 6) is 1.18. The fraction of sp³-hybridized carbons (Fsp3) is 0.417. The number of ether oxygens (including phenoxy) is 2. The number of hydrogen-bond donors (Lipinski definition) is 1. The lowest BCUT2D eigenvalue weighted by atomic mass is 10.2. The Morgan fingerprint density at radius 1 is 1.41 bits per heavy atom. The second-order valence-corrected chi connectivity index (χ2v) is 3.33. The predicted molar refractivity (Wildman–Crippen MR) is 68.5 cm³/mol. The lowest BCUT2D eigenvalue weighted by Crippen LogP contribution is -2.13. The van der Waals surface area contributed by atoms with E-state index >= 15 is 0 Å². The SMILES string of the molecule is CCC(C#N)Oc1cc(CN)ccc1OC.Cl. The Kier molecular flexibility index (Phi) is 7.11. The van der Waals surface area contributed by atoms with Crippen LogP contribution in [-0.4, -0.2) is 13.2 Å². The summed E-state index contributed by atoms with van der Waals surface area (Å²) in [5.41, 5.74) is 6.49. The van der Waals surface area contributed by atoms with E-state index < -0.39 is 6.10 Å². The molecule has 1 unspecified atom stereocenters. The molecule has 0 aliphatic heterocycles. The molecule has 1 rings (SSSR count). The highest BCUT2D eigenvalue weighted by Gasteiger charge is 2.11. The molecule has 0 radical (unpaired) electrons. The first kappa shape index (κ1) is 15.6. The molecule has 5 heteroatoms. The molecule has 1 atom stereocenters. The second-order valence-electron chi connectivity index (χ2n) is 3.33. The van der Waals surface area contributed by atoms with Gasteiger partial charge in [0, 0.05) is 6.54 Å². The van der Waals surface area contributed by atoms with Gasteiger partial charge in [-0.2, -0.15) is 5.26 Å². The van der Waals surface area contributed by atoms with Crippen LogP contribution in [-0.2, 0) is 6.54 Å². The number of rotatable bonds is 5. The van der Waals surface area contributed by atoms with Gasteiger partial charge in [-0.3, -0.25) is 0 Å². The van der Waals surface area contributed by atoms with E-state index in [9.17, 15) is 0 Å². The molecule has 0 aliphatic carbocycles. The van der Waals surface area contributed by atoms with Crippen molar-refractivity contribution in [1.29, 1.82) is 5.26 Å². The van der Waals surface area contributed by atoms with Crippen molar-refractivity contribution in [2.24, 2.45) is 5.73 Å². The van der Waals surface area contributed by atoms with Crippen LogP contribution in [0.1, 0.15) is 18.9 Å². The van der Waals surface area contributed by atoms with E-state index in [0.717, 1.165) is 5.56 Å². The van der Waals surface area contributed by atoms with E-state index in [1.165, 1.54) is 0 Å². The van der Waals surface area contributed by atoms with Gasteiger partial charge in [0.2, 0.25) is 0 Å². The van der Waals surface area contributed by atoms with Crippen LogP contribution in [0.4, 0.5) is 0 Å². The van der Waals surface area contributed by atoms with Crippen molar-refractivity contribution in [3.8, 4) is 17.6 Å². The van der Waals surface area contributed by atoms with Gasteiger partial charge in [-0.25, -0.2) is 0 Å². The number of nitrogens with two attached hydrogens (primary N) is 1. The first-order valence-electron chi connectivity index (χ1n) is 5.18. The van der Waals surface area contributed by atoms with E-state index in [4.69, 9.17) is 20.5 Å². The number of halogens is 1. The van der Waals surface area contributed by atoms with Crippen LogP contribution in [0, 0.1) is 11.3 Å². The summed E-state index contributed by atoms with van der Waals surface area (Å²) in [6.45, 7) is 2.33. The van der Waals surface area contributed by atoms with E-state index in [0.29, 0.717) is 24.5 Å². The zero-order chi connectivity index (χ0) is 12.0. The van der Waals surface area contributed by atoms with Gasteiger partial charge in [-0.1, -0.05) is 13.0 Å². The molecule has 0 saturated carbocycles. The minimum absolute atomic E-state index is 0. The minimum atomic E-state index is -0.457. The third-order valence-corrected chi connectivity index (χ3v) is 2.25.